The summed E-state index contributed by atoms with van der Waals surface area (Å²) in [4.78, 5) is 12.6. The molecule has 0 radical (unpaired) electrons. The maximum absolute atomic E-state index is 12.6. The second-order valence-electron chi connectivity index (χ2n) is 12.6. The van der Waals surface area contributed by atoms with Gasteiger partial charge in [0.1, 0.15) is 30.5 Å². The van der Waals surface area contributed by atoms with Gasteiger partial charge in [0.05, 0.1) is 19.8 Å². The van der Waals surface area contributed by atoms with Crippen molar-refractivity contribution in [2.75, 3.05) is 26.4 Å². The van der Waals surface area contributed by atoms with Crippen LogP contribution < -0.4 is 0 Å². The average Bonchev–Trinajstić information content (AvgIpc) is 3.11. The third kappa shape index (κ3) is 23.9. The predicted molar refractivity (Wildman–Crippen MR) is 200 cm³/mol. The molecule has 1 heterocycles. The number of rotatable bonds is 30. The fraction of sp³-hybridized carbons (Fsp3) is 0.683. The molecule has 1 fully saturated rings. The lowest BCUT2D eigenvalue weighted by atomic mass is 9.99. The molecule has 9 heteroatoms. The molecule has 0 spiro atoms. The molecular weight excluding hydrogens is 636 g/mol. The summed E-state index contributed by atoms with van der Waals surface area (Å²) < 4.78 is 22.5. The van der Waals surface area contributed by atoms with Gasteiger partial charge in [-0.25, -0.2) is 0 Å². The summed E-state index contributed by atoms with van der Waals surface area (Å²) in [6.07, 6.45) is 33.8. The lowest BCUT2D eigenvalue weighted by Crippen LogP contribution is -2.59. The average molecular weight is 705 g/mol. The number of allylic oxidation sites excluding steroid dienone is 12. The van der Waals surface area contributed by atoms with Crippen LogP contribution in [0.5, 0.6) is 0 Å². The Morgan fingerprint density at radius 3 is 1.72 bits per heavy atom. The Bertz CT molecular complexity index is 985. The van der Waals surface area contributed by atoms with Crippen LogP contribution in [0.15, 0.2) is 72.9 Å². The van der Waals surface area contributed by atoms with Gasteiger partial charge >= 0.3 is 5.97 Å². The Morgan fingerprint density at radius 1 is 0.660 bits per heavy atom. The van der Waals surface area contributed by atoms with Gasteiger partial charge in [-0.3, -0.25) is 4.79 Å². The maximum atomic E-state index is 12.6. The molecule has 0 saturated carbocycles. The van der Waals surface area contributed by atoms with Crippen LogP contribution in [0.2, 0.25) is 0 Å². The molecule has 0 aromatic heterocycles. The van der Waals surface area contributed by atoms with Gasteiger partial charge in [0.25, 0.3) is 0 Å². The van der Waals surface area contributed by atoms with Crippen LogP contribution >= 0.6 is 0 Å². The summed E-state index contributed by atoms with van der Waals surface area (Å²) in [5.74, 6) is -0.400. The second kappa shape index (κ2) is 32.5. The van der Waals surface area contributed by atoms with Crippen molar-refractivity contribution in [2.24, 2.45) is 0 Å². The van der Waals surface area contributed by atoms with Crippen molar-refractivity contribution in [3.63, 3.8) is 0 Å². The van der Waals surface area contributed by atoms with Crippen molar-refractivity contribution in [2.45, 2.75) is 153 Å². The SMILES string of the molecule is CC/C=C\C/C=C\C/C=C\C/C=C\C/C=C\C/C=C\CCC(=O)OC(COCCCCCCCCCC)COC1OC(CO)C(O)C(O)C1O. The number of aliphatic hydroxyl groups excluding tert-OH is 4. The topological polar surface area (TPSA) is 135 Å². The number of aliphatic hydroxyl groups is 4. The van der Waals surface area contributed by atoms with Crippen molar-refractivity contribution in [1.29, 1.82) is 0 Å². The number of carbonyl (C=O) groups is 1. The van der Waals surface area contributed by atoms with Gasteiger partial charge in [-0.2, -0.15) is 0 Å². The Hall–Kier alpha value is -2.37. The molecule has 286 valence electrons. The highest BCUT2D eigenvalue weighted by atomic mass is 16.7. The predicted octanol–water partition coefficient (Wildman–Crippen LogP) is 7.35. The molecule has 50 heavy (non-hydrogen) atoms. The van der Waals surface area contributed by atoms with Gasteiger partial charge in [0.2, 0.25) is 0 Å². The molecule has 1 aliphatic heterocycles. The van der Waals surface area contributed by atoms with E-state index in [0.29, 0.717) is 13.0 Å². The molecule has 0 aromatic rings. The zero-order valence-corrected chi connectivity index (χ0v) is 30.9. The molecule has 1 saturated heterocycles. The van der Waals surface area contributed by atoms with Crippen molar-refractivity contribution in [3.05, 3.63) is 72.9 Å². The zero-order valence-electron chi connectivity index (χ0n) is 30.9. The number of hydrogen-bond acceptors (Lipinski definition) is 9. The number of carbonyl (C=O) groups excluding carboxylic acids is 1. The number of esters is 1. The van der Waals surface area contributed by atoms with Crippen molar-refractivity contribution < 1.29 is 44.2 Å². The summed E-state index contributed by atoms with van der Waals surface area (Å²) in [6.45, 7) is 4.29. The molecule has 6 atom stereocenters. The number of unbranched alkanes of at least 4 members (excludes halogenated alkanes) is 7. The Morgan fingerprint density at radius 2 is 1.18 bits per heavy atom. The van der Waals surface area contributed by atoms with Gasteiger partial charge in [0, 0.05) is 13.0 Å². The minimum atomic E-state index is -1.55. The largest absolute Gasteiger partial charge is 0.457 e. The first kappa shape index (κ1) is 45.7. The quantitative estimate of drug-likeness (QED) is 0.0344. The third-order valence-electron chi connectivity index (χ3n) is 8.15. The number of hydrogen-bond donors (Lipinski definition) is 4. The second-order valence-corrected chi connectivity index (χ2v) is 12.6. The lowest BCUT2D eigenvalue weighted by molar-refractivity contribution is -0.305. The van der Waals surface area contributed by atoms with E-state index >= 15 is 0 Å². The third-order valence-corrected chi connectivity index (χ3v) is 8.15. The van der Waals surface area contributed by atoms with Crippen molar-refractivity contribution in [1.82, 2.24) is 0 Å². The van der Waals surface area contributed by atoms with Crippen molar-refractivity contribution in [3.8, 4) is 0 Å². The summed E-state index contributed by atoms with van der Waals surface area (Å²) in [7, 11) is 0. The lowest BCUT2D eigenvalue weighted by Gasteiger charge is -2.39. The zero-order chi connectivity index (χ0) is 36.5. The van der Waals surface area contributed by atoms with E-state index in [0.717, 1.165) is 51.4 Å². The minimum absolute atomic E-state index is 0.111. The molecule has 1 rings (SSSR count). The molecule has 9 nitrogen and oxygen atoms in total. The summed E-state index contributed by atoms with van der Waals surface area (Å²) >= 11 is 0. The van der Waals surface area contributed by atoms with E-state index in [1.165, 1.54) is 38.5 Å². The van der Waals surface area contributed by atoms with E-state index in [4.69, 9.17) is 18.9 Å². The van der Waals surface area contributed by atoms with Gasteiger partial charge in [0.15, 0.2) is 6.29 Å². The van der Waals surface area contributed by atoms with Crippen LogP contribution in [-0.4, -0.2) is 89.6 Å². The summed E-state index contributed by atoms with van der Waals surface area (Å²) in [5.41, 5.74) is 0. The van der Waals surface area contributed by atoms with E-state index in [-0.39, 0.29) is 19.6 Å². The highest BCUT2D eigenvalue weighted by Gasteiger charge is 2.44. The molecule has 4 N–H and O–H groups in total. The van der Waals surface area contributed by atoms with Gasteiger partial charge in [-0.05, 0) is 51.4 Å². The highest BCUT2D eigenvalue weighted by molar-refractivity contribution is 5.69. The fourth-order valence-electron chi connectivity index (χ4n) is 5.16. The number of ether oxygens (including phenoxy) is 4. The van der Waals surface area contributed by atoms with Gasteiger partial charge in [-0.15, -0.1) is 0 Å². The Balaban J connectivity index is 2.38. The van der Waals surface area contributed by atoms with E-state index in [1.807, 2.05) is 12.2 Å². The van der Waals surface area contributed by atoms with Crippen LogP contribution in [-0.2, 0) is 23.7 Å². The molecule has 0 amide bonds. The Kier molecular flexibility index (Phi) is 29.7. The van der Waals surface area contributed by atoms with E-state index in [2.05, 4.69) is 74.6 Å². The van der Waals surface area contributed by atoms with Crippen LogP contribution in [0.1, 0.15) is 117 Å². The minimum Gasteiger partial charge on any atom is -0.457 e. The van der Waals surface area contributed by atoms with Crippen LogP contribution in [0.3, 0.4) is 0 Å². The smallest absolute Gasteiger partial charge is 0.306 e. The highest BCUT2D eigenvalue weighted by Crippen LogP contribution is 2.22. The van der Waals surface area contributed by atoms with Gasteiger partial charge < -0.3 is 39.4 Å². The van der Waals surface area contributed by atoms with E-state index in [9.17, 15) is 25.2 Å². The van der Waals surface area contributed by atoms with Crippen molar-refractivity contribution >= 4 is 5.97 Å². The van der Waals surface area contributed by atoms with Crippen LogP contribution in [0, 0.1) is 0 Å². The molecule has 6 unspecified atom stereocenters. The summed E-state index contributed by atoms with van der Waals surface area (Å²) in [6, 6.07) is 0. The first-order valence-corrected chi connectivity index (χ1v) is 19.0. The molecule has 0 aliphatic carbocycles. The molecule has 1 aliphatic rings. The normalized spacial score (nSPS) is 22.4. The first-order chi connectivity index (χ1) is 24.4. The Labute approximate surface area is 302 Å². The standard InChI is InChI=1S/C41H68O9/c1-3-5-7-9-11-13-14-15-16-17-18-19-20-21-22-23-24-26-28-30-37(43)49-35(33-47-31-29-27-25-12-10-8-6-4-2)34-48-41-40(46)39(45)38(44)36(32-42)50-41/h5,7,11,13,15-16,18-19,21-22,24,26,35-36,38-42,44-46H,3-4,6,8-10,12,14,17,20,23,25,27-34H2,1-2H3/b7-5-,13-11-,16-15-,19-18-,22-21-,26-24-. The van der Waals surface area contributed by atoms with Crippen LogP contribution in [0.25, 0.3) is 0 Å². The first-order valence-electron chi connectivity index (χ1n) is 19.0. The van der Waals surface area contributed by atoms with E-state index < -0.39 is 49.4 Å². The molecular formula is C41H68O9. The molecule has 0 aromatic carbocycles. The molecule has 0 bridgehead atoms. The van der Waals surface area contributed by atoms with E-state index in [1.54, 1.807) is 0 Å². The summed E-state index contributed by atoms with van der Waals surface area (Å²) in [5, 5.41) is 39.9. The maximum Gasteiger partial charge on any atom is 0.306 e. The monoisotopic (exact) mass is 704 g/mol. The fourth-order valence-corrected chi connectivity index (χ4v) is 5.16. The van der Waals surface area contributed by atoms with Gasteiger partial charge in [-0.1, -0.05) is 132 Å². The van der Waals surface area contributed by atoms with Crippen LogP contribution in [0.4, 0.5) is 0 Å².